The number of pyridine rings is 1. The van der Waals surface area contributed by atoms with Crippen molar-refractivity contribution >= 4 is 23.7 Å². The molecule has 2 rings (SSSR count). The molecule has 0 aliphatic rings. The molecule has 0 aliphatic carbocycles. The molecule has 0 aliphatic heterocycles. The molecule has 2 aromatic rings. The van der Waals surface area contributed by atoms with Crippen LogP contribution in [0.5, 0.6) is 0 Å². The second kappa shape index (κ2) is 5.57. The van der Waals surface area contributed by atoms with E-state index in [1.807, 2.05) is 0 Å². The Morgan fingerprint density at radius 1 is 1.21 bits per heavy atom. The second-order valence-electron chi connectivity index (χ2n) is 3.52. The maximum atomic E-state index is 11.0. The maximum Gasteiger partial charge on any atom is 0.371 e. The monoisotopic (exact) mass is 279 g/mol. The summed E-state index contributed by atoms with van der Waals surface area (Å²) in [4.78, 5) is 25.6. The van der Waals surface area contributed by atoms with Gasteiger partial charge in [0, 0.05) is 6.20 Å². The number of thioether (sulfide) groups is 1. The van der Waals surface area contributed by atoms with Gasteiger partial charge in [-0.15, -0.1) is 0 Å². The largest absolute Gasteiger partial charge is 0.478 e. The van der Waals surface area contributed by atoms with Crippen LogP contribution >= 0.6 is 11.8 Å². The molecule has 0 saturated carbocycles. The van der Waals surface area contributed by atoms with Gasteiger partial charge in [-0.3, -0.25) is 0 Å². The molecule has 0 unspecified atom stereocenters. The molecule has 0 spiro atoms. The van der Waals surface area contributed by atoms with Gasteiger partial charge in [0.2, 0.25) is 5.76 Å². The van der Waals surface area contributed by atoms with Gasteiger partial charge < -0.3 is 14.6 Å². The molecule has 2 aromatic heterocycles. The molecule has 19 heavy (non-hydrogen) atoms. The first-order chi connectivity index (χ1) is 9.08. The summed E-state index contributed by atoms with van der Waals surface area (Å²) in [7, 11) is 0. The molecule has 7 heteroatoms. The van der Waals surface area contributed by atoms with Crippen LogP contribution in [0.2, 0.25) is 0 Å². The Labute approximate surface area is 112 Å². The van der Waals surface area contributed by atoms with Crippen molar-refractivity contribution in [2.75, 3.05) is 0 Å². The molecule has 6 nitrogen and oxygen atoms in total. The minimum atomic E-state index is -1.14. The van der Waals surface area contributed by atoms with Gasteiger partial charge in [-0.05, 0) is 24.3 Å². The van der Waals surface area contributed by atoms with Crippen LogP contribution in [0.25, 0.3) is 0 Å². The molecular weight excluding hydrogens is 270 g/mol. The van der Waals surface area contributed by atoms with E-state index in [1.165, 1.54) is 30.1 Å². The number of carboxylic acid groups (broad SMARTS) is 2. The van der Waals surface area contributed by atoms with Crippen molar-refractivity contribution in [3.05, 3.63) is 47.5 Å². The number of furan rings is 1. The highest BCUT2D eigenvalue weighted by molar-refractivity contribution is 7.98. The van der Waals surface area contributed by atoms with E-state index >= 15 is 0 Å². The Morgan fingerprint density at radius 3 is 2.63 bits per heavy atom. The molecule has 0 atom stereocenters. The average molecular weight is 279 g/mol. The fourth-order valence-corrected chi connectivity index (χ4v) is 2.26. The van der Waals surface area contributed by atoms with E-state index in [1.54, 1.807) is 12.1 Å². The topological polar surface area (TPSA) is 101 Å². The van der Waals surface area contributed by atoms with Crippen molar-refractivity contribution in [2.45, 2.75) is 10.8 Å². The highest BCUT2D eigenvalue weighted by Gasteiger charge is 2.13. The summed E-state index contributed by atoms with van der Waals surface area (Å²) in [6.07, 6.45) is 1.50. The highest BCUT2D eigenvalue weighted by Crippen LogP contribution is 2.25. The lowest BCUT2D eigenvalue weighted by Gasteiger charge is -2.02. The van der Waals surface area contributed by atoms with E-state index in [0.717, 1.165) is 0 Å². The van der Waals surface area contributed by atoms with E-state index in [0.29, 0.717) is 16.5 Å². The van der Waals surface area contributed by atoms with E-state index in [-0.39, 0.29) is 11.3 Å². The van der Waals surface area contributed by atoms with Crippen molar-refractivity contribution in [2.24, 2.45) is 0 Å². The number of rotatable bonds is 5. The number of hydrogen-bond donors (Lipinski definition) is 2. The third-order valence-electron chi connectivity index (χ3n) is 2.23. The van der Waals surface area contributed by atoms with Gasteiger partial charge in [0.25, 0.3) is 0 Å². The first-order valence-corrected chi connectivity index (χ1v) is 6.19. The number of carboxylic acids is 2. The van der Waals surface area contributed by atoms with Crippen molar-refractivity contribution in [1.29, 1.82) is 0 Å². The van der Waals surface area contributed by atoms with Crippen LogP contribution in [0.4, 0.5) is 0 Å². The Morgan fingerprint density at radius 2 is 2.00 bits per heavy atom. The highest BCUT2D eigenvalue weighted by atomic mass is 32.2. The van der Waals surface area contributed by atoms with Crippen LogP contribution in [0, 0.1) is 0 Å². The summed E-state index contributed by atoms with van der Waals surface area (Å²) < 4.78 is 5.07. The lowest BCUT2D eigenvalue weighted by Crippen LogP contribution is -2.00. The predicted octanol–water partition coefficient (Wildman–Crippen LogP) is 2.36. The maximum absolute atomic E-state index is 11.0. The number of aromatic carboxylic acids is 2. The third kappa shape index (κ3) is 3.14. The fraction of sp³-hybridized carbons (Fsp3) is 0.0833. The average Bonchev–Trinajstić information content (AvgIpc) is 2.85. The molecule has 0 saturated heterocycles. The summed E-state index contributed by atoms with van der Waals surface area (Å²) in [5.41, 5.74) is 0.109. The zero-order valence-corrected chi connectivity index (χ0v) is 10.4. The van der Waals surface area contributed by atoms with Crippen LogP contribution in [-0.4, -0.2) is 27.1 Å². The Balaban J connectivity index is 2.10. The van der Waals surface area contributed by atoms with Crippen LogP contribution in [0.1, 0.15) is 26.7 Å². The number of hydrogen-bond acceptors (Lipinski definition) is 5. The summed E-state index contributed by atoms with van der Waals surface area (Å²) in [6.45, 7) is 0. The Hall–Kier alpha value is -2.28. The summed E-state index contributed by atoms with van der Waals surface area (Å²) in [5, 5.41) is 18.1. The minimum Gasteiger partial charge on any atom is -0.478 e. The smallest absolute Gasteiger partial charge is 0.371 e. The molecule has 0 radical (unpaired) electrons. The van der Waals surface area contributed by atoms with E-state index in [4.69, 9.17) is 14.6 Å². The molecule has 0 fully saturated rings. The van der Waals surface area contributed by atoms with Gasteiger partial charge in [-0.25, -0.2) is 14.6 Å². The van der Waals surface area contributed by atoms with E-state index < -0.39 is 11.9 Å². The number of carbonyl (C=O) groups is 2. The van der Waals surface area contributed by atoms with Crippen LogP contribution in [0.15, 0.2) is 39.9 Å². The Bertz CT molecular complexity index is 622. The van der Waals surface area contributed by atoms with E-state index in [9.17, 15) is 9.59 Å². The van der Waals surface area contributed by atoms with Crippen LogP contribution in [0.3, 0.4) is 0 Å². The van der Waals surface area contributed by atoms with Gasteiger partial charge in [-0.2, -0.15) is 0 Å². The lowest BCUT2D eigenvalue weighted by molar-refractivity contribution is 0.0658. The summed E-state index contributed by atoms with van der Waals surface area (Å²) >= 11 is 1.17. The zero-order chi connectivity index (χ0) is 13.8. The van der Waals surface area contributed by atoms with Gasteiger partial charge in [0.05, 0.1) is 11.3 Å². The third-order valence-corrected chi connectivity index (χ3v) is 3.25. The molecule has 0 bridgehead atoms. The van der Waals surface area contributed by atoms with Crippen LogP contribution < -0.4 is 0 Å². The molecule has 2 N–H and O–H groups in total. The van der Waals surface area contributed by atoms with Gasteiger partial charge in [0.1, 0.15) is 10.8 Å². The standard InChI is InChI=1S/C12H9NO5S/c14-11(15)8-2-1-5-13-10(8)19-6-7-3-4-9(18-7)12(16)17/h1-5H,6H2,(H,14,15)(H,16,17). The fourth-order valence-electron chi connectivity index (χ4n) is 1.38. The second-order valence-corrected chi connectivity index (χ2v) is 4.49. The molecule has 2 heterocycles. The predicted molar refractivity (Wildman–Crippen MR) is 66.4 cm³/mol. The number of nitrogens with zero attached hydrogens (tertiary/aromatic N) is 1. The first kappa shape index (κ1) is 13.2. The van der Waals surface area contributed by atoms with Gasteiger partial charge in [-0.1, -0.05) is 11.8 Å². The zero-order valence-electron chi connectivity index (χ0n) is 9.57. The van der Waals surface area contributed by atoms with Crippen molar-refractivity contribution in [1.82, 2.24) is 4.98 Å². The minimum absolute atomic E-state index is 0.109. The van der Waals surface area contributed by atoms with E-state index in [2.05, 4.69) is 4.98 Å². The first-order valence-electron chi connectivity index (χ1n) is 5.21. The molecule has 0 amide bonds. The van der Waals surface area contributed by atoms with Crippen molar-refractivity contribution in [3.63, 3.8) is 0 Å². The molecule has 0 aromatic carbocycles. The van der Waals surface area contributed by atoms with Crippen LogP contribution in [-0.2, 0) is 5.75 Å². The molecular formula is C12H9NO5S. The normalized spacial score (nSPS) is 10.3. The number of aromatic nitrogens is 1. The molecule has 98 valence electrons. The summed E-state index contributed by atoms with van der Waals surface area (Å²) in [6, 6.07) is 5.90. The SMILES string of the molecule is O=C(O)c1ccc(CSc2ncccc2C(=O)O)o1. The van der Waals surface area contributed by atoms with Gasteiger partial charge >= 0.3 is 11.9 Å². The Kier molecular flexibility index (Phi) is 3.86. The lowest BCUT2D eigenvalue weighted by atomic mass is 10.3. The van der Waals surface area contributed by atoms with Crippen molar-refractivity contribution < 1.29 is 24.2 Å². The van der Waals surface area contributed by atoms with Crippen molar-refractivity contribution in [3.8, 4) is 0 Å². The quantitative estimate of drug-likeness (QED) is 0.810. The van der Waals surface area contributed by atoms with Gasteiger partial charge in [0.15, 0.2) is 0 Å². The summed E-state index contributed by atoms with van der Waals surface area (Å²) in [5.74, 6) is -1.58.